The first-order valence-corrected chi connectivity index (χ1v) is 11.3. The summed E-state index contributed by atoms with van der Waals surface area (Å²) in [5.41, 5.74) is 7.69. The van der Waals surface area contributed by atoms with Crippen molar-refractivity contribution < 1.29 is 4.11 Å². The number of pyridine rings is 1. The van der Waals surface area contributed by atoms with Crippen LogP contribution in [0.3, 0.4) is 0 Å². The highest BCUT2D eigenvalue weighted by Gasteiger charge is 2.36. The fourth-order valence-corrected chi connectivity index (χ4v) is 5.62. The van der Waals surface area contributed by atoms with E-state index in [1.807, 2.05) is 37.4 Å². The summed E-state index contributed by atoms with van der Waals surface area (Å²) in [6.45, 7) is 1.72. The number of aryl methyl sites for hydroxylation is 1. The summed E-state index contributed by atoms with van der Waals surface area (Å²) in [6, 6.07) is 29.2. The summed E-state index contributed by atoms with van der Waals surface area (Å²) in [5, 5.41) is 3.31. The summed E-state index contributed by atoms with van der Waals surface area (Å²) >= 11 is 0. The van der Waals surface area contributed by atoms with Gasteiger partial charge in [-0.05, 0) is 64.4 Å². The molecule has 1 aliphatic carbocycles. The smallest absolute Gasteiger partial charge is 0.0963 e. The van der Waals surface area contributed by atoms with Gasteiger partial charge in [0.15, 0.2) is 0 Å². The first kappa shape index (κ1) is 15.8. The molecule has 0 amide bonds. The molecular formula is C31H24N2. The average Bonchev–Trinajstić information content (AvgIpc) is 3.32. The molecule has 0 saturated heterocycles. The molecule has 2 heterocycles. The second-order valence-electron chi connectivity index (χ2n) is 9.30. The van der Waals surface area contributed by atoms with E-state index in [0.717, 1.165) is 60.8 Å². The van der Waals surface area contributed by atoms with Crippen molar-refractivity contribution in [2.75, 3.05) is 0 Å². The minimum absolute atomic E-state index is 0.843. The fourth-order valence-electron chi connectivity index (χ4n) is 5.62. The van der Waals surface area contributed by atoms with Crippen molar-refractivity contribution in [2.45, 2.75) is 26.1 Å². The number of rotatable bonds is 1. The van der Waals surface area contributed by atoms with Crippen molar-refractivity contribution >= 4 is 32.7 Å². The Hall–Kier alpha value is -3.91. The SMILES string of the molecule is [2H]C([2H])([2H])C1(C)c2ccccc2-c2cc3c(cc21)c1ncc(C)cc1n3-c1cccc2ccccc12. The van der Waals surface area contributed by atoms with Gasteiger partial charge in [0.25, 0.3) is 0 Å². The maximum atomic E-state index is 8.53. The molecule has 2 aromatic heterocycles. The van der Waals surface area contributed by atoms with Crippen LogP contribution in [-0.2, 0) is 5.41 Å². The molecule has 0 bridgehead atoms. The third-order valence-electron chi connectivity index (χ3n) is 7.18. The van der Waals surface area contributed by atoms with Crippen molar-refractivity contribution in [1.29, 1.82) is 0 Å². The lowest BCUT2D eigenvalue weighted by Gasteiger charge is -2.21. The molecule has 1 atom stereocenters. The maximum Gasteiger partial charge on any atom is 0.0963 e. The minimum Gasteiger partial charge on any atom is -0.307 e. The van der Waals surface area contributed by atoms with E-state index in [9.17, 15) is 0 Å². The van der Waals surface area contributed by atoms with Crippen molar-refractivity contribution in [3.8, 4) is 16.8 Å². The van der Waals surface area contributed by atoms with E-state index < -0.39 is 12.3 Å². The molecule has 4 aromatic carbocycles. The van der Waals surface area contributed by atoms with Gasteiger partial charge >= 0.3 is 0 Å². The Morgan fingerprint density at radius 1 is 0.788 bits per heavy atom. The molecule has 1 unspecified atom stereocenters. The Morgan fingerprint density at radius 3 is 2.52 bits per heavy atom. The van der Waals surface area contributed by atoms with Crippen molar-refractivity contribution in [1.82, 2.24) is 9.55 Å². The normalized spacial score (nSPS) is 18.8. The monoisotopic (exact) mass is 427 g/mol. The highest BCUT2D eigenvalue weighted by molar-refractivity contribution is 6.11. The number of nitrogens with zero attached hydrogens (tertiary/aromatic N) is 2. The van der Waals surface area contributed by atoms with Crippen molar-refractivity contribution in [2.24, 2.45) is 0 Å². The van der Waals surface area contributed by atoms with E-state index in [0.29, 0.717) is 0 Å². The third-order valence-corrected chi connectivity index (χ3v) is 7.18. The summed E-state index contributed by atoms with van der Waals surface area (Å²) in [5.74, 6) is 0. The van der Waals surface area contributed by atoms with E-state index in [-0.39, 0.29) is 0 Å². The highest BCUT2D eigenvalue weighted by atomic mass is 15.0. The highest BCUT2D eigenvalue weighted by Crippen LogP contribution is 2.50. The van der Waals surface area contributed by atoms with Crippen LogP contribution in [0.2, 0.25) is 0 Å². The van der Waals surface area contributed by atoms with Gasteiger partial charge in [0.1, 0.15) is 0 Å². The van der Waals surface area contributed by atoms with Crippen LogP contribution in [0, 0.1) is 6.92 Å². The lowest BCUT2D eigenvalue weighted by atomic mass is 9.82. The van der Waals surface area contributed by atoms with E-state index in [1.165, 1.54) is 5.39 Å². The Kier molecular flexibility index (Phi) is 3.03. The van der Waals surface area contributed by atoms with Crippen LogP contribution in [0.4, 0.5) is 0 Å². The van der Waals surface area contributed by atoms with Crippen molar-refractivity contribution in [3.05, 3.63) is 108 Å². The van der Waals surface area contributed by atoms with Crippen LogP contribution in [0.5, 0.6) is 0 Å². The zero-order valence-electron chi connectivity index (χ0n) is 21.6. The predicted octanol–water partition coefficient (Wildman–Crippen LogP) is 7.95. The van der Waals surface area contributed by atoms with Gasteiger partial charge in [-0.2, -0.15) is 0 Å². The van der Waals surface area contributed by atoms with E-state index in [1.54, 1.807) is 0 Å². The number of hydrogen-bond acceptors (Lipinski definition) is 1. The number of benzene rings is 4. The van der Waals surface area contributed by atoms with Gasteiger partial charge in [-0.15, -0.1) is 0 Å². The molecule has 0 saturated carbocycles. The van der Waals surface area contributed by atoms with Crippen LogP contribution in [0.25, 0.3) is 49.5 Å². The first-order chi connectivity index (χ1) is 17.3. The molecule has 33 heavy (non-hydrogen) atoms. The molecule has 0 fully saturated rings. The van der Waals surface area contributed by atoms with Crippen LogP contribution in [0.1, 0.15) is 34.6 Å². The molecule has 158 valence electrons. The lowest BCUT2D eigenvalue weighted by molar-refractivity contribution is 0.661. The van der Waals surface area contributed by atoms with Gasteiger partial charge in [0, 0.05) is 26.5 Å². The molecular weight excluding hydrogens is 400 g/mol. The van der Waals surface area contributed by atoms with Crippen molar-refractivity contribution in [3.63, 3.8) is 0 Å². The molecule has 7 rings (SSSR count). The largest absolute Gasteiger partial charge is 0.307 e. The second-order valence-corrected chi connectivity index (χ2v) is 9.30. The Bertz CT molecular complexity index is 1860. The van der Waals surface area contributed by atoms with E-state index >= 15 is 0 Å². The Balaban J connectivity index is 1.67. The van der Waals surface area contributed by atoms with Gasteiger partial charge in [-0.1, -0.05) is 74.4 Å². The lowest BCUT2D eigenvalue weighted by Crippen LogP contribution is -2.14. The van der Waals surface area contributed by atoms with Crippen LogP contribution < -0.4 is 0 Å². The van der Waals surface area contributed by atoms with Gasteiger partial charge in [-0.3, -0.25) is 4.98 Å². The fraction of sp³-hybridized carbons (Fsp3) is 0.129. The zero-order valence-corrected chi connectivity index (χ0v) is 18.6. The van der Waals surface area contributed by atoms with Crippen LogP contribution >= 0.6 is 0 Å². The van der Waals surface area contributed by atoms with Crippen LogP contribution in [-0.4, -0.2) is 9.55 Å². The summed E-state index contributed by atoms with van der Waals surface area (Å²) in [4.78, 5) is 4.86. The summed E-state index contributed by atoms with van der Waals surface area (Å²) in [6.07, 6.45) is 1.89. The molecule has 2 heteroatoms. The summed E-state index contributed by atoms with van der Waals surface area (Å²) in [7, 11) is 0. The quantitative estimate of drug-likeness (QED) is 0.260. The van der Waals surface area contributed by atoms with E-state index in [4.69, 9.17) is 9.10 Å². The molecule has 0 N–H and O–H groups in total. The second kappa shape index (κ2) is 6.32. The van der Waals surface area contributed by atoms with Gasteiger partial charge in [0.05, 0.1) is 22.2 Å². The van der Waals surface area contributed by atoms with Gasteiger partial charge in [0.2, 0.25) is 0 Å². The summed E-state index contributed by atoms with van der Waals surface area (Å²) < 4.78 is 27.9. The Morgan fingerprint density at radius 2 is 1.61 bits per heavy atom. The standard InChI is InChI=1S/C31H24N2/c1-19-15-29-30(32-18-19)24-16-26-23(22-12-6-7-13-25(22)31(26,2)3)17-28(24)33(29)27-14-8-10-20-9-4-5-11-21(20)27/h4-18H,1-3H3/i2D3. The average molecular weight is 428 g/mol. The third kappa shape index (κ3) is 2.41. The van der Waals surface area contributed by atoms with E-state index in [2.05, 4.69) is 72.2 Å². The van der Waals surface area contributed by atoms with Gasteiger partial charge < -0.3 is 4.57 Å². The minimum atomic E-state index is -2.19. The molecule has 6 aromatic rings. The van der Waals surface area contributed by atoms with Crippen LogP contribution in [0.15, 0.2) is 91.1 Å². The maximum absolute atomic E-state index is 8.53. The predicted molar refractivity (Wildman–Crippen MR) is 138 cm³/mol. The molecule has 0 radical (unpaired) electrons. The number of hydrogen-bond donors (Lipinski definition) is 0. The number of fused-ring (bicyclic) bond motifs is 7. The zero-order chi connectivity index (χ0) is 24.8. The molecule has 1 aliphatic rings. The Labute approximate surface area is 197 Å². The number of aromatic nitrogens is 2. The van der Waals surface area contributed by atoms with Gasteiger partial charge in [-0.25, -0.2) is 0 Å². The molecule has 0 spiro atoms. The topological polar surface area (TPSA) is 17.8 Å². The first-order valence-electron chi connectivity index (χ1n) is 12.8. The molecule has 0 aliphatic heterocycles. The molecule has 2 nitrogen and oxygen atoms in total.